The number of hydrogen-bond acceptors (Lipinski definition) is 1. The van der Waals surface area contributed by atoms with E-state index >= 15 is 0 Å². The van der Waals surface area contributed by atoms with Crippen LogP contribution in [0.3, 0.4) is 0 Å². The van der Waals surface area contributed by atoms with Crippen molar-refractivity contribution in [2.45, 2.75) is 19.8 Å². The van der Waals surface area contributed by atoms with E-state index < -0.39 is 0 Å². The first-order chi connectivity index (χ1) is 5.68. The van der Waals surface area contributed by atoms with Crippen LogP contribution in [0.2, 0.25) is 0 Å². The first kappa shape index (κ1) is 7.59. The van der Waals surface area contributed by atoms with Crippen molar-refractivity contribution in [1.29, 1.82) is 0 Å². The fourth-order valence-corrected chi connectivity index (χ4v) is 1.88. The third kappa shape index (κ3) is 0.986. The van der Waals surface area contributed by atoms with Crippen LogP contribution in [0.5, 0.6) is 0 Å². The van der Waals surface area contributed by atoms with Crippen molar-refractivity contribution >= 4 is 5.91 Å². The quantitative estimate of drug-likeness (QED) is 0.530. The Morgan fingerprint density at radius 1 is 1.50 bits per heavy atom. The summed E-state index contributed by atoms with van der Waals surface area (Å²) in [5.41, 5.74) is 3.63. The van der Waals surface area contributed by atoms with Crippen LogP contribution in [-0.4, -0.2) is 24.4 Å². The highest BCUT2D eigenvalue weighted by Gasteiger charge is 2.26. The van der Waals surface area contributed by atoms with Crippen LogP contribution >= 0.6 is 0 Å². The zero-order chi connectivity index (χ0) is 8.72. The molecule has 0 saturated carbocycles. The Bertz CT molecular complexity index is 299. The van der Waals surface area contributed by atoms with Gasteiger partial charge in [0.25, 0.3) is 0 Å². The summed E-state index contributed by atoms with van der Waals surface area (Å²) in [6.45, 7) is 2.97. The molecule has 0 fully saturated rings. The monoisotopic (exact) mass is 163 g/mol. The molecule has 0 aromatic heterocycles. The molecule has 2 nitrogen and oxygen atoms in total. The third-order valence-electron chi connectivity index (χ3n) is 2.59. The number of carbonyl (C=O) groups excluding carboxylic acids is 1. The minimum atomic E-state index is 0.226. The Labute approximate surface area is 72.6 Å². The molecule has 1 aliphatic carbocycles. The van der Waals surface area contributed by atoms with Gasteiger partial charge in [-0.15, -0.1) is 0 Å². The number of carbonyl (C=O) groups is 1. The summed E-state index contributed by atoms with van der Waals surface area (Å²) in [6, 6.07) is 0. The van der Waals surface area contributed by atoms with Crippen molar-refractivity contribution in [3.63, 3.8) is 0 Å². The molecule has 1 amide bonds. The van der Waals surface area contributed by atoms with Gasteiger partial charge >= 0.3 is 0 Å². The normalized spacial score (nSPS) is 23.0. The number of amides is 1. The summed E-state index contributed by atoms with van der Waals surface area (Å²) in [5, 5.41) is 0. The van der Waals surface area contributed by atoms with Gasteiger partial charge < -0.3 is 4.90 Å². The highest BCUT2D eigenvalue weighted by atomic mass is 16.2. The van der Waals surface area contributed by atoms with Gasteiger partial charge in [0, 0.05) is 19.2 Å². The molecule has 0 saturated heterocycles. The lowest BCUT2D eigenvalue weighted by Gasteiger charge is -2.23. The summed E-state index contributed by atoms with van der Waals surface area (Å²) in [6.07, 6.45) is 4.08. The van der Waals surface area contributed by atoms with E-state index in [2.05, 4.69) is 13.0 Å². The van der Waals surface area contributed by atoms with Crippen LogP contribution in [0, 0.1) is 0 Å². The topological polar surface area (TPSA) is 20.3 Å². The molecule has 64 valence electrons. The maximum absolute atomic E-state index is 11.6. The zero-order valence-corrected chi connectivity index (χ0v) is 7.55. The van der Waals surface area contributed by atoms with E-state index in [-0.39, 0.29) is 5.91 Å². The summed E-state index contributed by atoms with van der Waals surface area (Å²) in [7, 11) is 1.87. The largest absolute Gasteiger partial charge is 0.342 e. The van der Waals surface area contributed by atoms with Crippen LogP contribution in [0.15, 0.2) is 22.8 Å². The minimum Gasteiger partial charge on any atom is -0.342 e. The molecule has 0 bridgehead atoms. The van der Waals surface area contributed by atoms with Crippen LogP contribution in [-0.2, 0) is 4.79 Å². The Morgan fingerprint density at radius 2 is 2.25 bits per heavy atom. The summed E-state index contributed by atoms with van der Waals surface area (Å²) >= 11 is 0. The maximum Gasteiger partial charge on any atom is 0.250 e. The first-order valence-corrected chi connectivity index (χ1v) is 4.33. The molecule has 12 heavy (non-hydrogen) atoms. The highest BCUT2D eigenvalue weighted by molar-refractivity contribution is 5.96. The van der Waals surface area contributed by atoms with Gasteiger partial charge in [0.2, 0.25) is 5.91 Å². The van der Waals surface area contributed by atoms with Gasteiger partial charge in [-0.05, 0) is 25.3 Å². The Hall–Kier alpha value is -1.05. The van der Waals surface area contributed by atoms with Crippen LogP contribution < -0.4 is 0 Å². The predicted molar refractivity (Wildman–Crippen MR) is 47.7 cm³/mol. The first-order valence-electron chi connectivity index (χ1n) is 4.33. The van der Waals surface area contributed by atoms with Gasteiger partial charge in [-0.3, -0.25) is 4.79 Å². The smallest absolute Gasteiger partial charge is 0.250 e. The standard InChI is InChI=1S/C10H13NO/c1-7-5-8-3-4-11(2)10(12)9(8)6-7/h5H,3-4,6H2,1-2H3. The van der Waals surface area contributed by atoms with Gasteiger partial charge in [-0.25, -0.2) is 0 Å². The lowest BCUT2D eigenvalue weighted by molar-refractivity contribution is -0.126. The van der Waals surface area contributed by atoms with Crippen molar-refractivity contribution in [3.8, 4) is 0 Å². The van der Waals surface area contributed by atoms with E-state index in [1.165, 1.54) is 11.1 Å². The van der Waals surface area contributed by atoms with E-state index in [1.807, 2.05) is 11.9 Å². The molecule has 0 spiro atoms. The number of likely N-dealkylation sites (N-methyl/N-ethyl adjacent to an activating group) is 1. The second-order valence-electron chi connectivity index (χ2n) is 3.65. The summed E-state index contributed by atoms with van der Waals surface area (Å²) < 4.78 is 0. The predicted octanol–water partition coefficient (Wildman–Crippen LogP) is 1.50. The van der Waals surface area contributed by atoms with E-state index in [0.29, 0.717) is 0 Å². The van der Waals surface area contributed by atoms with Crippen molar-refractivity contribution in [2.24, 2.45) is 0 Å². The average molecular weight is 163 g/mol. The van der Waals surface area contributed by atoms with Gasteiger partial charge in [-0.1, -0.05) is 11.6 Å². The number of allylic oxidation sites excluding steroid dienone is 2. The molecule has 0 unspecified atom stereocenters. The number of rotatable bonds is 0. The molecular weight excluding hydrogens is 150 g/mol. The molecule has 0 radical (unpaired) electrons. The Morgan fingerprint density at radius 3 is 3.00 bits per heavy atom. The van der Waals surface area contributed by atoms with Gasteiger partial charge in [0.05, 0.1) is 0 Å². The zero-order valence-electron chi connectivity index (χ0n) is 7.55. The van der Waals surface area contributed by atoms with E-state index in [1.54, 1.807) is 0 Å². The SMILES string of the molecule is CC1=CC2=C(C1)C(=O)N(C)CC2. The van der Waals surface area contributed by atoms with Gasteiger partial charge in [0.15, 0.2) is 0 Å². The van der Waals surface area contributed by atoms with Gasteiger partial charge in [0.1, 0.15) is 0 Å². The second-order valence-corrected chi connectivity index (χ2v) is 3.65. The molecule has 0 aromatic rings. The fraction of sp³-hybridized carbons (Fsp3) is 0.500. The maximum atomic E-state index is 11.6. The molecule has 2 rings (SSSR count). The second kappa shape index (κ2) is 2.47. The Balaban J connectivity index is 2.32. The van der Waals surface area contributed by atoms with E-state index in [4.69, 9.17) is 0 Å². The van der Waals surface area contributed by atoms with E-state index in [9.17, 15) is 4.79 Å². The van der Waals surface area contributed by atoms with E-state index in [0.717, 1.165) is 25.0 Å². The molecule has 0 N–H and O–H groups in total. The fourth-order valence-electron chi connectivity index (χ4n) is 1.88. The summed E-state index contributed by atoms with van der Waals surface area (Å²) in [4.78, 5) is 13.4. The lowest BCUT2D eigenvalue weighted by atomic mass is 10.0. The van der Waals surface area contributed by atoms with Crippen molar-refractivity contribution in [3.05, 3.63) is 22.8 Å². The number of nitrogens with zero attached hydrogens (tertiary/aromatic N) is 1. The highest BCUT2D eigenvalue weighted by Crippen LogP contribution is 2.31. The Kier molecular flexibility index (Phi) is 1.56. The lowest BCUT2D eigenvalue weighted by Crippen LogP contribution is -2.32. The molecule has 2 heteroatoms. The molecule has 1 aliphatic heterocycles. The van der Waals surface area contributed by atoms with Gasteiger partial charge in [-0.2, -0.15) is 0 Å². The van der Waals surface area contributed by atoms with Crippen LogP contribution in [0.1, 0.15) is 19.8 Å². The molecule has 0 atom stereocenters. The number of hydrogen-bond donors (Lipinski definition) is 0. The molecule has 2 aliphatic rings. The van der Waals surface area contributed by atoms with Crippen LogP contribution in [0.25, 0.3) is 0 Å². The average Bonchev–Trinajstić information content (AvgIpc) is 2.39. The van der Waals surface area contributed by atoms with Crippen molar-refractivity contribution in [1.82, 2.24) is 4.90 Å². The summed E-state index contributed by atoms with van der Waals surface area (Å²) in [5.74, 6) is 0.226. The molecule has 0 aromatic carbocycles. The minimum absolute atomic E-state index is 0.226. The molecule has 1 heterocycles. The van der Waals surface area contributed by atoms with Crippen LogP contribution in [0.4, 0.5) is 0 Å². The van der Waals surface area contributed by atoms with Crippen molar-refractivity contribution < 1.29 is 4.79 Å². The third-order valence-corrected chi connectivity index (χ3v) is 2.59. The molecular formula is C10H13NO. The van der Waals surface area contributed by atoms with Crippen molar-refractivity contribution in [2.75, 3.05) is 13.6 Å².